The van der Waals surface area contributed by atoms with E-state index < -0.39 is 27.5 Å². The quantitative estimate of drug-likeness (QED) is 0.841. The Hall–Kier alpha value is -0.740. The molecule has 0 saturated carbocycles. The molecule has 0 N–H and O–H groups in total. The topological polar surface area (TPSA) is 63.2 Å². The van der Waals surface area contributed by atoms with E-state index in [-0.39, 0.29) is 17.3 Å². The SMILES string of the molecule is CC1(C)C(C(F)(F)F)CCN1Cc1nnc(S(C)(=O)=O)s1. The first-order valence-corrected chi connectivity index (χ1v) is 8.97. The van der Waals surface area contributed by atoms with Crippen molar-refractivity contribution >= 4 is 21.2 Å². The van der Waals surface area contributed by atoms with E-state index in [1.54, 1.807) is 18.7 Å². The lowest BCUT2D eigenvalue weighted by molar-refractivity contribution is -0.191. The van der Waals surface area contributed by atoms with Crippen molar-refractivity contribution in [3.8, 4) is 0 Å². The van der Waals surface area contributed by atoms with E-state index in [1.807, 2.05) is 0 Å². The summed E-state index contributed by atoms with van der Waals surface area (Å²) < 4.78 is 61.6. The van der Waals surface area contributed by atoms with Crippen LogP contribution in [0.3, 0.4) is 0 Å². The van der Waals surface area contributed by atoms with Gasteiger partial charge in [-0.25, -0.2) is 8.42 Å². The summed E-state index contributed by atoms with van der Waals surface area (Å²) in [6, 6.07) is 0. The molecule has 0 aliphatic carbocycles. The average molecular weight is 343 g/mol. The first-order valence-electron chi connectivity index (χ1n) is 6.26. The highest BCUT2D eigenvalue weighted by Gasteiger charge is 2.54. The van der Waals surface area contributed by atoms with E-state index in [2.05, 4.69) is 10.2 Å². The fourth-order valence-corrected chi connectivity index (χ4v) is 4.28. The molecule has 120 valence electrons. The molecule has 1 unspecified atom stereocenters. The van der Waals surface area contributed by atoms with Crippen LogP contribution in [0.2, 0.25) is 0 Å². The zero-order chi connectivity index (χ0) is 16.1. The maximum atomic E-state index is 13.0. The Balaban J connectivity index is 2.16. The smallest absolute Gasteiger partial charge is 0.291 e. The molecule has 0 aromatic carbocycles. The van der Waals surface area contributed by atoms with Crippen LogP contribution in [0.15, 0.2) is 4.34 Å². The summed E-state index contributed by atoms with van der Waals surface area (Å²) in [6.45, 7) is 3.57. The van der Waals surface area contributed by atoms with Gasteiger partial charge in [0.25, 0.3) is 0 Å². The summed E-state index contributed by atoms with van der Waals surface area (Å²) in [5, 5.41) is 7.75. The second-order valence-electron chi connectivity index (χ2n) is 5.69. The molecule has 1 aliphatic rings. The van der Waals surface area contributed by atoms with Gasteiger partial charge in [-0.2, -0.15) is 13.2 Å². The van der Waals surface area contributed by atoms with Crippen LogP contribution in [0.25, 0.3) is 0 Å². The molecule has 1 aromatic rings. The number of rotatable bonds is 3. The van der Waals surface area contributed by atoms with E-state index >= 15 is 0 Å². The predicted molar refractivity (Wildman–Crippen MR) is 71.7 cm³/mol. The van der Waals surface area contributed by atoms with E-state index in [1.165, 1.54) is 0 Å². The van der Waals surface area contributed by atoms with Crippen LogP contribution < -0.4 is 0 Å². The maximum Gasteiger partial charge on any atom is 0.393 e. The molecule has 0 spiro atoms. The Kier molecular flexibility index (Phi) is 4.09. The molecule has 5 nitrogen and oxygen atoms in total. The molecular weight excluding hydrogens is 327 g/mol. The van der Waals surface area contributed by atoms with Crippen molar-refractivity contribution in [2.45, 2.75) is 42.9 Å². The molecule has 1 aliphatic heterocycles. The van der Waals surface area contributed by atoms with Gasteiger partial charge < -0.3 is 0 Å². The van der Waals surface area contributed by atoms with Gasteiger partial charge in [0.15, 0.2) is 0 Å². The van der Waals surface area contributed by atoms with Gasteiger partial charge in [-0.3, -0.25) is 4.90 Å². The summed E-state index contributed by atoms with van der Waals surface area (Å²) in [5.41, 5.74) is -1.05. The first kappa shape index (κ1) is 16.6. The minimum atomic E-state index is -4.24. The molecule has 2 heterocycles. The molecule has 0 bridgehead atoms. The van der Waals surface area contributed by atoms with Crippen LogP contribution in [0.4, 0.5) is 13.2 Å². The molecule has 0 radical (unpaired) electrons. The van der Waals surface area contributed by atoms with Gasteiger partial charge in [0.1, 0.15) is 5.01 Å². The third-order valence-corrected chi connectivity index (χ3v) is 6.42. The Morgan fingerprint density at radius 1 is 1.38 bits per heavy atom. The normalized spacial score (nSPS) is 23.6. The highest BCUT2D eigenvalue weighted by molar-refractivity contribution is 7.92. The summed E-state index contributed by atoms with van der Waals surface area (Å²) in [7, 11) is -3.43. The lowest BCUT2D eigenvalue weighted by Gasteiger charge is -2.36. The van der Waals surface area contributed by atoms with Crippen molar-refractivity contribution in [2.24, 2.45) is 5.92 Å². The largest absolute Gasteiger partial charge is 0.393 e. The summed E-state index contributed by atoms with van der Waals surface area (Å²) in [6.07, 6.45) is -3.18. The zero-order valence-electron chi connectivity index (χ0n) is 11.8. The van der Waals surface area contributed by atoms with Gasteiger partial charge in [-0.05, 0) is 26.8 Å². The van der Waals surface area contributed by atoms with E-state index in [4.69, 9.17) is 0 Å². The minimum absolute atomic E-state index is 0.0359. The van der Waals surface area contributed by atoms with Crippen molar-refractivity contribution in [2.75, 3.05) is 12.8 Å². The van der Waals surface area contributed by atoms with E-state index in [0.29, 0.717) is 11.6 Å². The molecule has 1 fully saturated rings. The van der Waals surface area contributed by atoms with Crippen molar-refractivity contribution in [1.82, 2.24) is 15.1 Å². The van der Waals surface area contributed by atoms with Crippen molar-refractivity contribution in [3.05, 3.63) is 5.01 Å². The first-order chi connectivity index (χ1) is 9.42. The number of halogens is 3. The Labute approximate surface area is 125 Å². The fourth-order valence-electron chi connectivity index (χ4n) is 2.61. The predicted octanol–water partition coefficient (Wildman–Crippen LogP) is 2.10. The third kappa shape index (κ3) is 3.37. The Morgan fingerprint density at radius 2 is 2.00 bits per heavy atom. The van der Waals surface area contributed by atoms with Crippen molar-refractivity contribution in [1.29, 1.82) is 0 Å². The molecule has 1 saturated heterocycles. The molecule has 21 heavy (non-hydrogen) atoms. The van der Waals surface area contributed by atoms with Crippen molar-refractivity contribution in [3.63, 3.8) is 0 Å². The standard InChI is InChI=1S/C11H16F3N3O2S2/c1-10(2)7(11(12,13)14)4-5-17(10)6-8-15-16-9(20-8)21(3,18)19/h7H,4-6H2,1-3H3. The molecule has 1 aromatic heterocycles. The van der Waals surface area contributed by atoms with Crippen molar-refractivity contribution < 1.29 is 21.6 Å². The summed E-state index contributed by atoms with van der Waals surface area (Å²) in [4.78, 5) is 1.68. The van der Waals surface area contributed by atoms with E-state index in [9.17, 15) is 21.6 Å². The minimum Gasteiger partial charge on any atom is -0.291 e. The van der Waals surface area contributed by atoms with Crippen LogP contribution in [0.1, 0.15) is 25.3 Å². The lowest BCUT2D eigenvalue weighted by Crippen LogP contribution is -2.46. The van der Waals surface area contributed by atoms with Gasteiger partial charge in [-0.1, -0.05) is 11.3 Å². The van der Waals surface area contributed by atoms with Gasteiger partial charge in [0.2, 0.25) is 14.2 Å². The van der Waals surface area contributed by atoms with Crippen LogP contribution in [-0.4, -0.2) is 48.0 Å². The monoisotopic (exact) mass is 343 g/mol. The Bertz CT molecular complexity index is 625. The van der Waals surface area contributed by atoms with Gasteiger partial charge >= 0.3 is 6.18 Å². The van der Waals surface area contributed by atoms with Gasteiger partial charge in [-0.15, -0.1) is 10.2 Å². The number of sulfone groups is 1. The molecule has 10 heteroatoms. The lowest BCUT2D eigenvalue weighted by atomic mass is 9.88. The van der Waals surface area contributed by atoms with Gasteiger partial charge in [0.05, 0.1) is 12.5 Å². The van der Waals surface area contributed by atoms with Crippen LogP contribution in [-0.2, 0) is 16.4 Å². The van der Waals surface area contributed by atoms with Gasteiger partial charge in [0, 0.05) is 11.8 Å². The van der Waals surface area contributed by atoms with E-state index in [0.717, 1.165) is 17.6 Å². The summed E-state index contributed by atoms with van der Waals surface area (Å²) >= 11 is 0.903. The average Bonchev–Trinajstić information content (AvgIpc) is 2.83. The molecular formula is C11H16F3N3O2S2. The number of nitrogens with zero attached hydrogens (tertiary/aromatic N) is 3. The fraction of sp³-hybridized carbons (Fsp3) is 0.818. The second-order valence-corrected chi connectivity index (χ2v) is 8.94. The van der Waals surface area contributed by atoms with Crippen LogP contribution in [0.5, 0.6) is 0 Å². The molecule has 0 amide bonds. The highest BCUT2D eigenvalue weighted by Crippen LogP contribution is 2.45. The summed E-state index contributed by atoms with van der Waals surface area (Å²) in [5.74, 6) is -1.40. The number of aromatic nitrogens is 2. The number of alkyl halides is 3. The second kappa shape index (κ2) is 5.17. The zero-order valence-corrected chi connectivity index (χ0v) is 13.4. The number of hydrogen-bond acceptors (Lipinski definition) is 6. The number of hydrogen-bond donors (Lipinski definition) is 0. The highest BCUT2D eigenvalue weighted by atomic mass is 32.2. The Morgan fingerprint density at radius 3 is 2.43 bits per heavy atom. The third-order valence-electron chi connectivity index (χ3n) is 3.84. The molecule has 2 rings (SSSR count). The number of likely N-dealkylation sites (tertiary alicyclic amines) is 1. The van der Waals surface area contributed by atoms with Crippen LogP contribution >= 0.6 is 11.3 Å². The maximum absolute atomic E-state index is 13.0. The van der Waals surface area contributed by atoms with Crippen LogP contribution in [0, 0.1) is 5.92 Å². The molecule has 1 atom stereocenters.